The molecule has 1 aromatic rings. The van der Waals surface area contributed by atoms with Gasteiger partial charge in [-0.25, -0.2) is 0 Å². The van der Waals surface area contributed by atoms with E-state index in [1.807, 2.05) is 0 Å². The molecule has 2 nitrogen and oxygen atoms in total. The average molecular weight is 247 g/mol. The van der Waals surface area contributed by atoms with Gasteiger partial charge < -0.3 is 9.64 Å². The van der Waals surface area contributed by atoms with Crippen molar-refractivity contribution in [1.82, 2.24) is 4.90 Å². The molecule has 1 aliphatic rings. The molecule has 1 aliphatic heterocycles. The maximum Gasteiger partial charge on any atom is 0.118 e. The third-order valence-electron chi connectivity index (χ3n) is 3.76. The average Bonchev–Trinajstić information content (AvgIpc) is 2.40. The summed E-state index contributed by atoms with van der Waals surface area (Å²) in [5.74, 6) is 1.68. The largest absolute Gasteiger partial charge is 0.497 e. The van der Waals surface area contributed by atoms with Crippen molar-refractivity contribution in [3.05, 3.63) is 29.8 Å². The number of methoxy groups -OCH3 is 1. The molecule has 0 aromatic heterocycles. The maximum absolute atomic E-state index is 5.19. The van der Waals surface area contributed by atoms with E-state index in [2.05, 4.69) is 36.1 Å². The molecule has 0 N–H and O–H groups in total. The fourth-order valence-electron chi connectivity index (χ4n) is 2.81. The molecule has 0 aliphatic carbocycles. The highest BCUT2D eigenvalue weighted by Crippen LogP contribution is 2.17. The Kier molecular flexibility index (Phi) is 5.06. The molecule has 100 valence electrons. The van der Waals surface area contributed by atoms with Crippen molar-refractivity contribution in [1.29, 1.82) is 0 Å². The highest BCUT2D eigenvalue weighted by Gasteiger charge is 2.13. The monoisotopic (exact) mass is 247 g/mol. The summed E-state index contributed by atoms with van der Waals surface area (Å²) in [6.07, 6.45) is 5.36. The van der Waals surface area contributed by atoms with Gasteiger partial charge in [-0.15, -0.1) is 0 Å². The Morgan fingerprint density at radius 1 is 1.11 bits per heavy atom. The van der Waals surface area contributed by atoms with Crippen molar-refractivity contribution in [2.45, 2.75) is 32.6 Å². The molecule has 18 heavy (non-hydrogen) atoms. The molecular formula is C16H25NO. The van der Waals surface area contributed by atoms with Gasteiger partial charge in [0.15, 0.2) is 0 Å². The zero-order chi connectivity index (χ0) is 12.8. The Morgan fingerprint density at radius 3 is 2.39 bits per heavy atom. The second-order valence-electron chi connectivity index (χ2n) is 5.52. The van der Waals surface area contributed by atoms with E-state index in [9.17, 15) is 0 Å². The lowest BCUT2D eigenvalue weighted by Crippen LogP contribution is -2.34. The minimum atomic E-state index is 0.733. The summed E-state index contributed by atoms with van der Waals surface area (Å²) >= 11 is 0. The van der Waals surface area contributed by atoms with Crippen molar-refractivity contribution >= 4 is 0 Å². The van der Waals surface area contributed by atoms with Crippen LogP contribution < -0.4 is 4.74 Å². The maximum atomic E-state index is 5.19. The molecule has 1 unspecified atom stereocenters. The molecule has 0 radical (unpaired) electrons. The summed E-state index contributed by atoms with van der Waals surface area (Å²) in [7, 11) is 1.72. The van der Waals surface area contributed by atoms with Gasteiger partial charge in [-0.2, -0.15) is 0 Å². The van der Waals surface area contributed by atoms with Crippen molar-refractivity contribution < 1.29 is 4.74 Å². The Morgan fingerprint density at radius 2 is 1.78 bits per heavy atom. The Labute approximate surface area is 111 Å². The Balaban J connectivity index is 1.80. The van der Waals surface area contributed by atoms with Crippen LogP contribution in [0, 0.1) is 5.92 Å². The molecule has 1 fully saturated rings. The number of hydrogen-bond acceptors (Lipinski definition) is 2. The lowest BCUT2D eigenvalue weighted by atomic mass is 9.99. The normalized spacial score (nSPS) is 18.6. The Bertz CT molecular complexity index is 341. The standard InChI is InChI=1S/C16H25NO/c1-14(13-17-10-4-3-5-11-17)12-15-6-8-16(18-2)9-7-15/h6-9,14H,3-5,10-13H2,1-2H3. The zero-order valence-corrected chi connectivity index (χ0v) is 11.7. The van der Waals surface area contributed by atoms with Gasteiger partial charge in [-0.05, 0) is 56.0 Å². The van der Waals surface area contributed by atoms with Crippen LogP contribution in [0.25, 0.3) is 0 Å². The topological polar surface area (TPSA) is 12.5 Å². The Hall–Kier alpha value is -1.02. The molecule has 0 amide bonds. The predicted octanol–water partition coefficient (Wildman–Crippen LogP) is 3.36. The first-order chi connectivity index (χ1) is 8.78. The zero-order valence-electron chi connectivity index (χ0n) is 11.7. The van der Waals surface area contributed by atoms with Gasteiger partial charge in [0.25, 0.3) is 0 Å². The lowest BCUT2D eigenvalue weighted by Gasteiger charge is -2.29. The van der Waals surface area contributed by atoms with Crippen LogP contribution in [0.1, 0.15) is 31.7 Å². The molecule has 0 bridgehead atoms. The predicted molar refractivity (Wildman–Crippen MR) is 76.2 cm³/mol. The molecule has 1 heterocycles. The first kappa shape index (κ1) is 13.4. The molecular weight excluding hydrogens is 222 g/mol. The van der Waals surface area contributed by atoms with Gasteiger partial charge in [-0.3, -0.25) is 0 Å². The van der Waals surface area contributed by atoms with Crippen LogP contribution in [0.5, 0.6) is 5.75 Å². The van der Waals surface area contributed by atoms with Gasteiger partial charge in [0.05, 0.1) is 7.11 Å². The minimum absolute atomic E-state index is 0.733. The second kappa shape index (κ2) is 6.79. The van der Waals surface area contributed by atoms with E-state index in [0.29, 0.717) is 0 Å². The highest BCUT2D eigenvalue weighted by atomic mass is 16.5. The number of nitrogens with zero attached hydrogens (tertiary/aromatic N) is 1. The number of rotatable bonds is 5. The summed E-state index contributed by atoms with van der Waals surface area (Å²) in [5, 5.41) is 0. The summed E-state index contributed by atoms with van der Waals surface area (Å²) in [5.41, 5.74) is 1.42. The molecule has 2 rings (SSSR count). The van der Waals surface area contributed by atoms with Crippen LogP contribution in [0.3, 0.4) is 0 Å². The summed E-state index contributed by atoms with van der Waals surface area (Å²) in [4.78, 5) is 2.62. The van der Waals surface area contributed by atoms with Crippen molar-refractivity contribution in [2.24, 2.45) is 5.92 Å². The van der Waals surface area contributed by atoms with Crippen molar-refractivity contribution in [2.75, 3.05) is 26.7 Å². The number of benzene rings is 1. The number of likely N-dealkylation sites (tertiary alicyclic amines) is 1. The SMILES string of the molecule is COc1ccc(CC(C)CN2CCCCC2)cc1. The van der Waals surface area contributed by atoms with Gasteiger partial charge in [0, 0.05) is 6.54 Å². The van der Waals surface area contributed by atoms with E-state index in [1.54, 1.807) is 7.11 Å². The van der Waals surface area contributed by atoms with E-state index < -0.39 is 0 Å². The molecule has 0 spiro atoms. The smallest absolute Gasteiger partial charge is 0.118 e. The van der Waals surface area contributed by atoms with Crippen molar-refractivity contribution in [3.8, 4) is 5.75 Å². The van der Waals surface area contributed by atoms with Gasteiger partial charge >= 0.3 is 0 Å². The van der Waals surface area contributed by atoms with Crippen LogP contribution >= 0.6 is 0 Å². The van der Waals surface area contributed by atoms with Crippen LogP contribution in [-0.2, 0) is 6.42 Å². The summed E-state index contributed by atoms with van der Waals surface area (Å²) in [6.45, 7) is 6.20. The highest BCUT2D eigenvalue weighted by molar-refractivity contribution is 5.27. The number of hydrogen-bond donors (Lipinski definition) is 0. The van der Waals surface area contributed by atoms with E-state index in [-0.39, 0.29) is 0 Å². The minimum Gasteiger partial charge on any atom is -0.497 e. The third kappa shape index (κ3) is 4.02. The lowest BCUT2D eigenvalue weighted by molar-refractivity contribution is 0.200. The third-order valence-corrected chi connectivity index (χ3v) is 3.76. The summed E-state index contributed by atoms with van der Waals surface area (Å²) < 4.78 is 5.19. The molecule has 1 saturated heterocycles. The fraction of sp³-hybridized carbons (Fsp3) is 0.625. The van der Waals surface area contributed by atoms with E-state index in [0.717, 1.165) is 11.7 Å². The first-order valence-corrected chi connectivity index (χ1v) is 7.13. The van der Waals surface area contributed by atoms with Crippen LogP contribution in [0.15, 0.2) is 24.3 Å². The van der Waals surface area contributed by atoms with E-state index in [4.69, 9.17) is 4.74 Å². The van der Waals surface area contributed by atoms with Crippen molar-refractivity contribution in [3.63, 3.8) is 0 Å². The van der Waals surface area contributed by atoms with E-state index in [1.165, 1.54) is 50.9 Å². The molecule has 0 saturated carbocycles. The van der Waals surface area contributed by atoms with Crippen LogP contribution in [0.4, 0.5) is 0 Å². The van der Waals surface area contributed by atoms with Gasteiger partial charge in [0.2, 0.25) is 0 Å². The number of ether oxygens (including phenoxy) is 1. The van der Waals surface area contributed by atoms with Gasteiger partial charge in [-0.1, -0.05) is 25.5 Å². The number of piperidine rings is 1. The first-order valence-electron chi connectivity index (χ1n) is 7.13. The van der Waals surface area contributed by atoms with Gasteiger partial charge in [0.1, 0.15) is 5.75 Å². The summed E-state index contributed by atoms with van der Waals surface area (Å²) in [6, 6.07) is 8.49. The fourth-order valence-corrected chi connectivity index (χ4v) is 2.81. The van der Waals surface area contributed by atoms with Crippen LogP contribution in [0.2, 0.25) is 0 Å². The molecule has 1 atom stereocenters. The van der Waals surface area contributed by atoms with Crippen LogP contribution in [-0.4, -0.2) is 31.6 Å². The second-order valence-corrected chi connectivity index (χ2v) is 5.52. The van der Waals surface area contributed by atoms with E-state index >= 15 is 0 Å². The quantitative estimate of drug-likeness (QED) is 0.791. The molecule has 1 aromatic carbocycles. The molecule has 2 heteroatoms.